The lowest BCUT2D eigenvalue weighted by Crippen LogP contribution is -2.00. The molecule has 2 aromatic carbocycles. The molecule has 3 rings (SSSR count). The fraction of sp³-hybridized carbons (Fsp3) is 0.167. The van der Waals surface area contributed by atoms with Gasteiger partial charge in [-0.1, -0.05) is 6.07 Å². The highest BCUT2D eigenvalue weighted by atomic mass is 16.5. The summed E-state index contributed by atoms with van der Waals surface area (Å²) < 4.78 is 15.9. The first-order valence-corrected chi connectivity index (χ1v) is 7.22. The highest BCUT2D eigenvalue weighted by molar-refractivity contribution is 5.93. The number of methoxy groups -OCH3 is 1. The maximum Gasteiger partial charge on any atom is 0.337 e. The van der Waals surface area contributed by atoms with E-state index in [1.54, 1.807) is 30.3 Å². The number of benzene rings is 2. The number of aryl methyl sites for hydroxylation is 1. The molecule has 6 nitrogen and oxygen atoms in total. The van der Waals surface area contributed by atoms with Crippen molar-refractivity contribution in [2.75, 3.05) is 7.11 Å². The van der Waals surface area contributed by atoms with Gasteiger partial charge in [0.05, 0.1) is 18.2 Å². The van der Waals surface area contributed by atoms with Crippen molar-refractivity contribution in [3.05, 3.63) is 59.0 Å². The zero-order chi connectivity index (χ0) is 17.1. The fourth-order valence-corrected chi connectivity index (χ4v) is 2.28. The highest BCUT2D eigenvalue weighted by Crippen LogP contribution is 2.22. The topological polar surface area (TPSA) is 85.4 Å². The fourth-order valence-electron chi connectivity index (χ4n) is 2.28. The summed E-state index contributed by atoms with van der Waals surface area (Å²) in [5, 5.41) is 9.15. The van der Waals surface area contributed by atoms with Crippen LogP contribution in [0.25, 0.3) is 11.1 Å². The van der Waals surface area contributed by atoms with Gasteiger partial charge in [-0.3, -0.25) is 0 Å². The van der Waals surface area contributed by atoms with Crippen LogP contribution < -0.4 is 4.74 Å². The Morgan fingerprint density at radius 2 is 2.12 bits per heavy atom. The summed E-state index contributed by atoms with van der Waals surface area (Å²) in [7, 11) is 1.32. The number of hydrogen-bond acceptors (Lipinski definition) is 6. The normalized spacial score (nSPS) is 10.4. The molecular formula is C18H14N2O4. The van der Waals surface area contributed by atoms with E-state index in [0.29, 0.717) is 33.9 Å². The summed E-state index contributed by atoms with van der Waals surface area (Å²) in [5.74, 6) is 0.390. The van der Waals surface area contributed by atoms with Gasteiger partial charge >= 0.3 is 5.97 Å². The third-order valence-electron chi connectivity index (χ3n) is 3.46. The zero-order valence-electron chi connectivity index (χ0n) is 13.2. The lowest BCUT2D eigenvalue weighted by atomic mass is 10.1. The minimum absolute atomic E-state index is 0.0833. The number of carbonyl (C=O) groups is 1. The van der Waals surface area contributed by atoms with Gasteiger partial charge in [-0.15, -0.1) is 0 Å². The summed E-state index contributed by atoms with van der Waals surface area (Å²) >= 11 is 0. The first-order valence-electron chi connectivity index (χ1n) is 7.22. The van der Waals surface area contributed by atoms with Crippen LogP contribution in [0.1, 0.15) is 27.4 Å². The molecule has 0 spiro atoms. The average Bonchev–Trinajstić information content (AvgIpc) is 3.01. The molecule has 0 radical (unpaired) electrons. The molecule has 24 heavy (non-hydrogen) atoms. The number of oxazole rings is 1. The van der Waals surface area contributed by atoms with Crippen LogP contribution in [-0.4, -0.2) is 18.1 Å². The first kappa shape index (κ1) is 15.6. The molecule has 0 N–H and O–H groups in total. The van der Waals surface area contributed by atoms with Crippen molar-refractivity contribution in [2.24, 2.45) is 0 Å². The molecule has 0 fully saturated rings. The Morgan fingerprint density at radius 3 is 2.88 bits per heavy atom. The van der Waals surface area contributed by atoms with Gasteiger partial charge in [-0.25, -0.2) is 9.78 Å². The van der Waals surface area contributed by atoms with Crippen molar-refractivity contribution in [3.63, 3.8) is 0 Å². The summed E-state index contributed by atoms with van der Waals surface area (Å²) in [6.45, 7) is 1.99. The standard InChI is InChI=1S/C18H14N2O4/c1-11-3-6-15(13(7-11)9-19)23-10-17-20-14-5-4-12(18(21)22-2)8-16(14)24-17/h3-8H,10H2,1-2H3. The van der Waals surface area contributed by atoms with Crippen molar-refractivity contribution in [1.29, 1.82) is 5.26 Å². The van der Waals surface area contributed by atoms with Crippen LogP contribution in [0, 0.1) is 18.3 Å². The molecule has 0 bridgehead atoms. The zero-order valence-corrected chi connectivity index (χ0v) is 13.2. The number of fused-ring (bicyclic) bond motifs is 1. The Balaban J connectivity index is 1.81. The Labute approximate surface area is 138 Å². The van der Waals surface area contributed by atoms with Crippen molar-refractivity contribution < 1.29 is 18.7 Å². The molecule has 3 aromatic rings. The second-order valence-corrected chi connectivity index (χ2v) is 5.18. The van der Waals surface area contributed by atoms with Gasteiger partial charge < -0.3 is 13.9 Å². The van der Waals surface area contributed by atoms with Crippen LogP contribution in [0.4, 0.5) is 0 Å². The minimum atomic E-state index is -0.440. The number of esters is 1. The molecule has 1 heterocycles. The molecule has 0 unspecified atom stereocenters. The van der Waals surface area contributed by atoms with E-state index >= 15 is 0 Å². The highest BCUT2D eigenvalue weighted by Gasteiger charge is 2.12. The van der Waals surface area contributed by atoms with E-state index < -0.39 is 5.97 Å². The summed E-state index contributed by atoms with van der Waals surface area (Å²) in [6.07, 6.45) is 0. The number of nitrogens with zero attached hydrogens (tertiary/aromatic N) is 2. The molecule has 0 atom stereocenters. The molecule has 0 aliphatic rings. The molecular weight excluding hydrogens is 308 g/mol. The van der Waals surface area contributed by atoms with Gasteiger partial charge in [0.1, 0.15) is 17.3 Å². The minimum Gasteiger partial charge on any atom is -0.482 e. The monoisotopic (exact) mass is 322 g/mol. The third-order valence-corrected chi connectivity index (χ3v) is 3.46. The SMILES string of the molecule is COC(=O)c1ccc2nc(COc3ccc(C)cc3C#N)oc2c1. The molecule has 0 amide bonds. The van der Waals surface area contributed by atoms with Crippen molar-refractivity contribution in [2.45, 2.75) is 13.5 Å². The Bertz CT molecular complexity index is 953. The number of aromatic nitrogens is 1. The second-order valence-electron chi connectivity index (χ2n) is 5.18. The predicted molar refractivity (Wildman–Crippen MR) is 85.6 cm³/mol. The smallest absolute Gasteiger partial charge is 0.337 e. The van der Waals surface area contributed by atoms with Gasteiger partial charge in [0.15, 0.2) is 12.2 Å². The summed E-state index contributed by atoms with van der Waals surface area (Å²) in [5.41, 5.74) is 2.92. The van der Waals surface area contributed by atoms with E-state index in [9.17, 15) is 4.79 Å². The predicted octanol–water partition coefficient (Wildman–Crippen LogP) is 3.37. The van der Waals surface area contributed by atoms with E-state index in [2.05, 4.69) is 15.8 Å². The molecule has 120 valence electrons. The number of hydrogen-bond donors (Lipinski definition) is 0. The number of carbonyl (C=O) groups excluding carboxylic acids is 1. The van der Waals surface area contributed by atoms with Crippen LogP contribution in [0.3, 0.4) is 0 Å². The third kappa shape index (κ3) is 3.06. The second kappa shape index (κ2) is 6.42. The van der Waals surface area contributed by atoms with Gasteiger partial charge in [0, 0.05) is 0 Å². The van der Waals surface area contributed by atoms with Crippen LogP contribution in [0.15, 0.2) is 40.8 Å². The van der Waals surface area contributed by atoms with Crippen molar-refractivity contribution in [3.8, 4) is 11.8 Å². The Kier molecular flexibility index (Phi) is 4.17. The van der Waals surface area contributed by atoms with Gasteiger partial charge in [-0.05, 0) is 42.8 Å². The largest absolute Gasteiger partial charge is 0.482 e. The number of nitriles is 1. The average molecular weight is 322 g/mol. The van der Waals surface area contributed by atoms with E-state index in [0.717, 1.165) is 5.56 Å². The van der Waals surface area contributed by atoms with Crippen LogP contribution in [0.5, 0.6) is 5.75 Å². The molecule has 0 aliphatic heterocycles. The lowest BCUT2D eigenvalue weighted by Gasteiger charge is -2.05. The van der Waals surface area contributed by atoms with E-state index in [4.69, 9.17) is 14.4 Å². The van der Waals surface area contributed by atoms with Crippen molar-refractivity contribution >= 4 is 17.1 Å². The van der Waals surface area contributed by atoms with E-state index in [1.807, 2.05) is 13.0 Å². The first-order chi connectivity index (χ1) is 11.6. The van der Waals surface area contributed by atoms with E-state index in [-0.39, 0.29) is 6.61 Å². The molecule has 0 aliphatic carbocycles. The summed E-state index contributed by atoms with van der Waals surface area (Å²) in [6, 6.07) is 12.3. The van der Waals surface area contributed by atoms with Gasteiger partial charge in [0.25, 0.3) is 0 Å². The van der Waals surface area contributed by atoms with Crippen LogP contribution in [0.2, 0.25) is 0 Å². The lowest BCUT2D eigenvalue weighted by molar-refractivity contribution is 0.0601. The van der Waals surface area contributed by atoms with Gasteiger partial charge in [0.2, 0.25) is 5.89 Å². The Hall–Kier alpha value is -3.33. The Morgan fingerprint density at radius 1 is 1.29 bits per heavy atom. The molecule has 6 heteroatoms. The molecule has 0 saturated carbocycles. The van der Waals surface area contributed by atoms with Crippen molar-refractivity contribution in [1.82, 2.24) is 4.98 Å². The maximum absolute atomic E-state index is 11.5. The molecule has 1 aromatic heterocycles. The van der Waals surface area contributed by atoms with Gasteiger partial charge in [-0.2, -0.15) is 5.26 Å². The number of ether oxygens (including phenoxy) is 2. The van der Waals surface area contributed by atoms with Crippen LogP contribution >= 0.6 is 0 Å². The van der Waals surface area contributed by atoms with Crippen LogP contribution in [-0.2, 0) is 11.3 Å². The number of rotatable bonds is 4. The quantitative estimate of drug-likeness (QED) is 0.685. The molecule has 0 saturated heterocycles. The van der Waals surface area contributed by atoms with E-state index in [1.165, 1.54) is 7.11 Å². The summed E-state index contributed by atoms with van der Waals surface area (Å²) in [4.78, 5) is 15.8. The maximum atomic E-state index is 11.5.